The average molecular weight is 325 g/mol. The Bertz CT molecular complexity index is 623. The van der Waals surface area contributed by atoms with Crippen molar-refractivity contribution < 1.29 is 17.9 Å². The molecule has 1 unspecified atom stereocenters. The van der Waals surface area contributed by atoms with Crippen LogP contribution in [0.1, 0.15) is 38.5 Å². The largest absolute Gasteiger partial charge is 0.495 e. The van der Waals surface area contributed by atoms with Crippen LogP contribution in [0.3, 0.4) is 0 Å². The molecule has 0 amide bonds. The zero-order valence-corrected chi connectivity index (χ0v) is 13.7. The van der Waals surface area contributed by atoms with Crippen LogP contribution in [0, 0.1) is 0 Å². The second-order valence-electron chi connectivity index (χ2n) is 6.20. The molecule has 1 aliphatic carbocycles. The molecule has 122 valence electrons. The third-order valence-electron chi connectivity index (χ3n) is 4.69. The molecule has 22 heavy (non-hydrogen) atoms. The van der Waals surface area contributed by atoms with E-state index in [1.807, 2.05) is 0 Å². The van der Waals surface area contributed by atoms with Gasteiger partial charge in [-0.05, 0) is 37.8 Å². The number of sulfonamides is 1. The van der Waals surface area contributed by atoms with Gasteiger partial charge in [0.1, 0.15) is 10.6 Å². The molecular formula is C16H23NO4S. The van der Waals surface area contributed by atoms with E-state index in [9.17, 15) is 8.42 Å². The van der Waals surface area contributed by atoms with Gasteiger partial charge in [0.15, 0.2) is 0 Å². The predicted molar refractivity (Wildman–Crippen MR) is 83.5 cm³/mol. The maximum atomic E-state index is 12.7. The molecule has 1 heterocycles. The molecule has 1 aromatic rings. The van der Waals surface area contributed by atoms with Gasteiger partial charge < -0.3 is 9.47 Å². The fourth-order valence-electron chi connectivity index (χ4n) is 3.62. The molecule has 6 heteroatoms. The molecule has 2 aliphatic rings. The third-order valence-corrected chi connectivity index (χ3v) is 6.25. The Morgan fingerprint density at radius 3 is 2.73 bits per heavy atom. The highest BCUT2D eigenvalue weighted by atomic mass is 32.2. The van der Waals surface area contributed by atoms with Crippen molar-refractivity contribution in [1.82, 2.24) is 4.72 Å². The molecule has 1 aromatic carbocycles. The number of benzene rings is 1. The topological polar surface area (TPSA) is 64.6 Å². The van der Waals surface area contributed by atoms with E-state index in [4.69, 9.17) is 9.47 Å². The summed E-state index contributed by atoms with van der Waals surface area (Å²) in [6, 6.07) is 6.64. The van der Waals surface area contributed by atoms with Crippen molar-refractivity contribution in [3.05, 3.63) is 24.3 Å². The number of hydrogen-bond acceptors (Lipinski definition) is 4. The van der Waals surface area contributed by atoms with Crippen molar-refractivity contribution in [2.75, 3.05) is 13.7 Å². The minimum atomic E-state index is -3.58. The molecule has 1 saturated heterocycles. The Hall–Kier alpha value is -1.11. The summed E-state index contributed by atoms with van der Waals surface area (Å²) < 4.78 is 39.3. The van der Waals surface area contributed by atoms with Gasteiger partial charge in [0.05, 0.1) is 12.7 Å². The van der Waals surface area contributed by atoms with Crippen LogP contribution in [0.2, 0.25) is 0 Å². The summed E-state index contributed by atoms with van der Waals surface area (Å²) in [4.78, 5) is 0.199. The van der Waals surface area contributed by atoms with Gasteiger partial charge in [0, 0.05) is 12.6 Å². The summed E-state index contributed by atoms with van der Waals surface area (Å²) in [5.41, 5.74) is -0.105. The monoisotopic (exact) mass is 325 g/mol. The minimum absolute atomic E-state index is 0.0678. The SMILES string of the molecule is COc1ccccc1S(=O)(=O)NC1CCOC2(CCCC2)C1. The second-order valence-corrected chi connectivity index (χ2v) is 7.88. The molecule has 0 aromatic heterocycles. The van der Waals surface area contributed by atoms with Crippen molar-refractivity contribution in [2.24, 2.45) is 0 Å². The first-order valence-electron chi connectivity index (χ1n) is 7.84. The normalized spacial score (nSPS) is 24.5. The van der Waals surface area contributed by atoms with Gasteiger partial charge >= 0.3 is 0 Å². The molecule has 5 nitrogen and oxygen atoms in total. The molecule has 1 spiro atoms. The first kappa shape index (κ1) is 15.8. The van der Waals surface area contributed by atoms with Crippen LogP contribution in [0.4, 0.5) is 0 Å². The van der Waals surface area contributed by atoms with Gasteiger partial charge in [0.25, 0.3) is 0 Å². The van der Waals surface area contributed by atoms with Crippen LogP contribution in [-0.2, 0) is 14.8 Å². The summed E-state index contributed by atoms with van der Waals surface area (Å²) in [6.07, 6.45) is 5.91. The predicted octanol–water partition coefficient (Wildman–Crippen LogP) is 2.47. The molecule has 1 aliphatic heterocycles. The molecule has 0 bridgehead atoms. The van der Waals surface area contributed by atoms with E-state index >= 15 is 0 Å². The van der Waals surface area contributed by atoms with Gasteiger partial charge in [-0.15, -0.1) is 0 Å². The molecule has 1 atom stereocenters. The van der Waals surface area contributed by atoms with Crippen LogP contribution in [0.25, 0.3) is 0 Å². The highest BCUT2D eigenvalue weighted by Crippen LogP contribution is 2.40. The van der Waals surface area contributed by atoms with E-state index < -0.39 is 10.0 Å². The van der Waals surface area contributed by atoms with Gasteiger partial charge in [-0.2, -0.15) is 0 Å². The first-order valence-corrected chi connectivity index (χ1v) is 9.32. The minimum Gasteiger partial charge on any atom is -0.495 e. The highest BCUT2D eigenvalue weighted by Gasteiger charge is 2.41. The molecule has 0 radical (unpaired) electrons. The smallest absolute Gasteiger partial charge is 0.244 e. The summed E-state index contributed by atoms with van der Waals surface area (Å²) >= 11 is 0. The average Bonchev–Trinajstić information content (AvgIpc) is 2.94. The number of rotatable bonds is 4. The first-order chi connectivity index (χ1) is 10.5. The highest BCUT2D eigenvalue weighted by molar-refractivity contribution is 7.89. The number of nitrogens with one attached hydrogen (secondary N) is 1. The molecule has 1 saturated carbocycles. The van der Waals surface area contributed by atoms with Crippen LogP contribution < -0.4 is 9.46 Å². The van der Waals surface area contributed by atoms with E-state index in [1.54, 1.807) is 24.3 Å². The van der Waals surface area contributed by atoms with Gasteiger partial charge in [-0.1, -0.05) is 25.0 Å². The molecule has 1 N–H and O–H groups in total. The summed E-state index contributed by atoms with van der Waals surface area (Å²) in [5, 5.41) is 0. The fraction of sp³-hybridized carbons (Fsp3) is 0.625. The fourth-order valence-corrected chi connectivity index (χ4v) is 5.06. The zero-order valence-electron chi connectivity index (χ0n) is 12.9. The quantitative estimate of drug-likeness (QED) is 0.923. The second kappa shape index (κ2) is 6.18. The maximum Gasteiger partial charge on any atom is 0.244 e. The Balaban J connectivity index is 1.76. The molecule has 3 rings (SSSR count). The zero-order chi connectivity index (χ0) is 15.6. The van der Waals surface area contributed by atoms with Crippen LogP contribution in [0.15, 0.2) is 29.2 Å². The lowest BCUT2D eigenvalue weighted by Gasteiger charge is -2.38. The van der Waals surface area contributed by atoms with Gasteiger partial charge in [0.2, 0.25) is 10.0 Å². The molecule has 2 fully saturated rings. The Morgan fingerprint density at radius 1 is 1.27 bits per heavy atom. The number of ether oxygens (including phenoxy) is 2. The lowest BCUT2D eigenvalue weighted by molar-refractivity contribution is -0.0809. The Kier molecular flexibility index (Phi) is 4.43. The van der Waals surface area contributed by atoms with Crippen LogP contribution in [-0.4, -0.2) is 33.8 Å². The third kappa shape index (κ3) is 3.14. The van der Waals surface area contributed by atoms with Gasteiger partial charge in [-0.25, -0.2) is 13.1 Å². The van der Waals surface area contributed by atoms with E-state index in [1.165, 1.54) is 20.0 Å². The number of methoxy groups -OCH3 is 1. The van der Waals surface area contributed by atoms with E-state index in [2.05, 4.69) is 4.72 Å². The lowest BCUT2D eigenvalue weighted by Crippen LogP contribution is -2.47. The van der Waals surface area contributed by atoms with E-state index in [-0.39, 0.29) is 16.5 Å². The Labute approximate surface area is 132 Å². The van der Waals surface area contributed by atoms with E-state index in [0.717, 1.165) is 25.7 Å². The lowest BCUT2D eigenvalue weighted by atomic mass is 9.89. The summed E-state index contributed by atoms with van der Waals surface area (Å²) in [6.45, 7) is 0.624. The van der Waals surface area contributed by atoms with Crippen LogP contribution >= 0.6 is 0 Å². The van der Waals surface area contributed by atoms with E-state index in [0.29, 0.717) is 12.4 Å². The van der Waals surface area contributed by atoms with Gasteiger partial charge in [-0.3, -0.25) is 0 Å². The summed E-state index contributed by atoms with van der Waals surface area (Å²) in [5.74, 6) is 0.373. The number of hydrogen-bond donors (Lipinski definition) is 1. The Morgan fingerprint density at radius 2 is 2.00 bits per heavy atom. The van der Waals surface area contributed by atoms with Crippen molar-refractivity contribution in [2.45, 2.75) is 55.1 Å². The van der Waals surface area contributed by atoms with Crippen molar-refractivity contribution in [3.63, 3.8) is 0 Å². The number of para-hydroxylation sites is 1. The molecular weight excluding hydrogens is 302 g/mol. The van der Waals surface area contributed by atoms with Crippen molar-refractivity contribution >= 4 is 10.0 Å². The van der Waals surface area contributed by atoms with Crippen LogP contribution in [0.5, 0.6) is 5.75 Å². The maximum absolute atomic E-state index is 12.7. The van der Waals surface area contributed by atoms with Crippen molar-refractivity contribution in [3.8, 4) is 5.75 Å². The standard InChI is InChI=1S/C16H23NO4S/c1-20-14-6-2-3-7-15(14)22(18,19)17-13-8-11-21-16(12-13)9-4-5-10-16/h2-3,6-7,13,17H,4-5,8-12H2,1H3. The van der Waals surface area contributed by atoms with Crippen molar-refractivity contribution in [1.29, 1.82) is 0 Å². The summed E-state index contributed by atoms with van der Waals surface area (Å²) in [7, 11) is -2.10.